The SMILES string of the molecule is O=C(O)Cn1ccc2c1CCC/C2=N/O. The minimum absolute atomic E-state index is 0.0337. The van der Waals surface area contributed by atoms with Crippen molar-refractivity contribution >= 4 is 11.7 Å². The molecule has 80 valence electrons. The standard InChI is InChI=1S/C10H12N2O3/c13-10(14)6-12-5-4-7-8(11-15)2-1-3-9(7)12/h4-5,15H,1-3,6H2,(H,13,14)/b11-8-. The van der Waals surface area contributed by atoms with Crippen molar-refractivity contribution in [3.05, 3.63) is 23.5 Å². The quantitative estimate of drug-likeness (QED) is 0.564. The Morgan fingerprint density at radius 2 is 2.33 bits per heavy atom. The molecule has 1 aliphatic carbocycles. The number of nitrogens with zero attached hydrogens (tertiary/aromatic N) is 2. The van der Waals surface area contributed by atoms with Crippen LogP contribution in [0.25, 0.3) is 0 Å². The Bertz CT molecular complexity index is 420. The smallest absolute Gasteiger partial charge is 0.323 e. The fraction of sp³-hybridized carbons (Fsp3) is 0.400. The zero-order chi connectivity index (χ0) is 10.8. The van der Waals surface area contributed by atoms with Gasteiger partial charge in [0.2, 0.25) is 0 Å². The Hall–Kier alpha value is -1.78. The molecule has 0 radical (unpaired) electrons. The van der Waals surface area contributed by atoms with E-state index in [0.717, 1.165) is 30.5 Å². The van der Waals surface area contributed by atoms with Crippen molar-refractivity contribution in [3.63, 3.8) is 0 Å². The summed E-state index contributed by atoms with van der Waals surface area (Å²) in [5.74, 6) is -0.860. The van der Waals surface area contributed by atoms with Crippen molar-refractivity contribution in [2.45, 2.75) is 25.8 Å². The molecule has 0 bridgehead atoms. The molecule has 2 N–H and O–H groups in total. The molecule has 1 aromatic rings. The fourth-order valence-electron chi connectivity index (χ4n) is 2.00. The number of carboxylic acid groups (broad SMARTS) is 1. The first-order chi connectivity index (χ1) is 7.22. The Labute approximate surface area is 86.6 Å². The molecular formula is C10H12N2O3. The van der Waals surface area contributed by atoms with Crippen molar-refractivity contribution in [3.8, 4) is 0 Å². The summed E-state index contributed by atoms with van der Waals surface area (Å²) in [6.07, 6.45) is 4.22. The van der Waals surface area contributed by atoms with Crippen LogP contribution in [0.1, 0.15) is 24.1 Å². The second-order valence-electron chi connectivity index (χ2n) is 3.60. The first kappa shape index (κ1) is 9.76. The molecule has 0 saturated heterocycles. The molecule has 0 saturated carbocycles. The highest BCUT2D eigenvalue weighted by Gasteiger charge is 2.20. The predicted molar refractivity (Wildman–Crippen MR) is 53.3 cm³/mol. The highest BCUT2D eigenvalue weighted by molar-refractivity contribution is 6.02. The van der Waals surface area contributed by atoms with Gasteiger partial charge in [0.1, 0.15) is 6.54 Å². The second-order valence-corrected chi connectivity index (χ2v) is 3.60. The van der Waals surface area contributed by atoms with Crippen molar-refractivity contribution in [1.29, 1.82) is 0 Å². The van der Waals surface area contributed by atoms with Crippen LogP contribution in [0.4, 0.5) is 0 Å². The van der Waals surface area contributed by atoms with Crippen LogP contribution in [0, 0.1) is 0 Å². The topological polar surface area (TPSA) is 74.8 Å². The maximum Gasteiger partial charge on any atom is 0.323 e. The van der Waals surface area contributed by atoms with Crippen LogP contribution in [-0.2, 0) is 17.8 Å². The summed E-state index contributed by atoms with van der Waals surface area (Å²) in [5.41, 5.74) is 2.49. The Balaban J connectivity index is 2.38. The lowest BCUT2D eigenvalue weighted by Gasteiger charge is -2.15. The van der Waals surface area contributed by atoms with Gasteiger partial charge in [0.25, 0.3) is 0 Å². The van der Waals surface area contributed by atoms with Gasteiger partial charge in [-0.2, -0.15) is 0 Å². The number of aliphatic carboxylic acids is 1. The lowest BCUT2D eigenvalue weighted by atomic mass is 9.96. The molecule has 1 aromatic heterocycles. The molecule has 2 rings (SSSR count). The first-order valence-corrected chi connectivity index (χ1v) is 4.83. The predicted octanol–water partition coefficient (Wildman–Crippen LogP) is 1.09. The Morgan fingerprint density at radius 1 is 1.53 bits per heavy atom. The summed E-state index contributed by atoms with van der Waals surface area (Å²) in [7, 11) is 0. The van der Waals surface area contributed by atoms with Gasteiger partial charge in [0, 0.05) is 17.5 Å². The molecule has 5 heteroatoms. The third kappa shape index (κ3) is 1.72. The molecular weight excluding hydrogens is 196 g/mol. The largest absolute Gasteiger partial charge is 0.480 e. The van der Waals surface area contributed by atoms with Gasteiger partial charge in [-0.15, -0.1) is 0 Å². The van der Waals surface area contributed by atoms with Crippen LogP contribution in [0.15, 0.2) is 17.4 Å². The van der Waals surface area contributed by atoms with Crippen LogP contribution in [0.3, 0.4) is 0 Å². The maximum atomic E-state index is 10.6. The van der Waals surface area contributed by atoms with E-state index in [1.165, 1.54) is 0 Å². The summed E-state index contributed by atoms with van der Waals surface area (Å²) in [5, 5.41) is 20.7. The van der Waals surface area contributed by atoms with Crippen LogP contribution in [0.5, 0.6) is 0 Å². The minimum atomic E-state index is -0.860. The Morgan fingerprint density at radius 3 is 3.00 bits per heavy atom. The van der Waals surface area contributed by atoms with Gasteiger partial charge in [0.15, 0.2) is 0 Å². The van der Waals surface area contributed by atoms with Gasteiger partial charge < -0.3 is 14.9 Å². The van der Waals surface area contributed by atoms with Crippen LogP contribution < -0.4 is 0 Å². The zero-order valence-corrected chi connectivity index (χ0v) is 8.18. The zero-order valence-electron chi connectivity index (χ0n) is 8.18. The van der Waals surface area contributed by atoms with E-state index in [1.807, 2.05) is 6.07 Å². The summed E-state index contributed by atoms with van der Waals surface area (Å²) in [6, 6.07) is 1.81. The summed E-state index contributed by atoms with van der Waals surface area (Å²) in [6.45, 7) is -0.0337. The van der Waals surface area contributed by atoms with E-state index < -0.39 is 5.97 Å². The molecule has 0 aliphatic heterocycles. The molecule has 0 fully saturated rings. The highest BCUT2D eigenvalue weighted by atomic mass is 16.4. The first-order valence-electron chi connectivity index (χ1n) is 4.83. The Kier molecular flexibility index (Phi) is 2.45. The summed E-state index contributed by atoms with van der Waals surface area (Å²) >= 11 is 0. The number of hydrogen-bond acceptors (Lipinski definition) is 3. The van der Waals surface area contributed by atoms with Crippen molar-refractivity contribution in [2.24, 2.45) is 5.16 Å². The minimum Gasteiger partial charge on any atom is -0.480 e. The van der Waals surface area contributed by atoms with Crippen LogP contribution >= 0.6 is 0 Å². The molecule has 0 amide bonds. The van der Waals surface area contributed by atoms with Crippen molar-refractivity contribution in [2.75, 3.05) is 0 Å². The van der Waals surface area contributed by atoms with Gasteiger partial charge in [-0.25, -0.2) is 0 Å². The average molecular weight is 208 g/mol. The third-order valence-corrected chi connectivity index (χ3v) is 2.64. The molecule has 5 nitrogen and oxygen atoms in total. The number of oxime groups is 1. The highest BCUT2D eigenvalue weighted by Crippen LogP contribution is 2.22. The molecule has 0 unspecified atom stereocenters. The van der Waals surface area contributed by atoms with E-state index >= 15 is 0 Å². The third-order valence-electron chi connectivity index (χ3n) is 2.64. The van der Waals surface area contributed by atoms with Gasteiger partial charge in [-0.1, -0.05) is 5.16 Å². The fourth-order valence-corrected chi connectivity index (χ4v) is 2.00. The van der Waals surface area contributed by atoms with E-state index in [9.17, 15) is 4.79 Å². The van der Waals surface area contributed by atoms with Crippen LogP contribution in [-0.4, -0.2) is 26.6 Å². The van der Waals surface area contributed by atoms with E-state index in [4.69, 9.17) is 10.3 Å². The number of rotatable bonds is 2. The van der Waals surface area contributed by atoms with Crippen molar-refractivity contribution in [1.82, 2.24) is 4.57 Å². The molecule has 0 atom stereocenters. The number of carboxylic acids is 1. The van der Waals surface area contributed by atoms with E-state index in [0.29, 0.717) is 5.71 Å². The number of carbonyl (C=O) groups is 1. The number of hydrogen-bond donors (Lipinski definition) is 2. The van der Waals surface area contributed by atoms with Gasteiger partial charge in [-0.05, 0) is 25.3 Å². The number of fused-ring (bicyclic) bond motifs is 1. The normalized spacial score (nSPS) is 17.7. The monoisotopic (exact) mass is 208 g/mol. The van der Waals surface area contributed by atoms with Crippen molar-refractivity contribution < 1.29 is 15.1 Å². The van der Waals surface area contributed by atoms with E-state index in [1.54, 1.807) is 10.8 Å². The van der Waals surface area contributed by atoms with Gasteiger partial charge in [-0.3, -0.25) is 4.79 Å². The molecule has 15 heavy (non-hydrogen) atoms. The lowest BCUT2D eigenvalue weighted by Crippen LogP contribution is -2.16. The molecule has 0 aromatic carbocycles. The van der Waals surface area contributed by atoms with E-state index in [-0.39, 0.29) is 6.54 Å². The summed E-state index contributed by atoms with van der Waals surface area (Å²) in [4.78, 5) is 10.6. The molecule has 0 spiro atoms. The lowest BCUT2D eigenvalue weighted by molar-refractivity contribution is -0.137. The molecule has 1 heterocycles. The van der Waals surface area contributed by atoms with Crippen LogP contribution in [0.2, 0.25) is 0 Å². The van der Waals surface area contributed by atoms with Gasteiger partial charge in [0.05, 0.1) is 5.71 Å². The second kappa shape index (κ2) is 3.76. The molecule has 1 aliphatic rings. The van der Waals surface area contributed by atoms with E-state index in [2.05, 4.69) is 5.16 Å². The maximum absolute atomic E-state index is 10.6. The van der Waals surface area contributed by atoms with Gasteiger partial charge >= 0.3 is 5.97 Å². The summed E-state index contributed by atoms with van der Waals surface area (Å²) < 4.78 is 1.70. The number of aromatic nitrogens is 1. The average Bonchev–Trinajstić information content (AvgIpc) is 2.61.